The second kappa shape index (κ2) is 6.33. The highest BCUT2D eigenvalue weighted by molar-refractivity contribution is 9.10. The van der Waals surface area contributed by atoms with Gasteiger partial charge in [-0.25, -0.2) is 0 Å². The minimum absolute atomic E-state index is 0.0123. The van der Waals surface area contributed by atoms with Crippen LogP contribution in [0.3, 0.4) is 0 Å². The van der Waals surface area contributed by atoms with Crippen molar-refractivity contribution in [3.05, 3.63) is 52.8 Å². The highest BCUT2D eigenvalue weighted by atomic mass is 79.9. The number of aromatic nitrogens is 1. The summed E-state index contributed by atoms with van der Waals surface area (Å²) in [7, 11) is 0. The van der Waals surface area contributed by atoms with Gasteiger partial charge in [0.1, 0.15) is 0 Å². The molecule has 0 N–H and O–H groups in total. The van der Waals surface area contributed by atoms with Crippen molar-refractivity contribution in [3.8, 4) is 0 Å². The zero-order valence-corrected chi connectivity index (χ0v) is 15.6. The minimum Gasteiger partial charge on any atom is -0.348 e. The van der Waals surface area contributed by atoms with Crippen molar-refractivity contribution < 1.29 is 9.59 Å². The molecule has 4 rings (SSSR count). The number of amides is 2. The lowest BCUT2D eigenvalue weighted by Gasteiger charge is -2.36. The van der Waals surface area contributed by atoms with Gasteiger partial charge in [-0.3, -0.25) is 9.59 Å². The van der Waals surface area contributed by atoms with Gasteiger partial charge in [-0.15, -0.1) is 0 Å². The fourth-order valence-corrected chi connectivity index (χ4v) is 4.39. The lowest BCUT2D eigenvalue weighted by molar-refractivity contribution is -0.139. The van der Waals surface area contributed by atoms with E-state index in [1.54, 1.807) is 4.90 Å². The monoisotopic (exact) mass is 401 g/mol. The van der Waals surface area contributed by atoms with E-state index in [-0.39, 0.29) is 30.2 Å². The van der Waals surface area contributed by atoms with Crippen LogP contribution in [0.15, 0.2) is 47.1 Å². The van der Waals surface area contributed by atoms with E-state index in [4.69, 9.17) is 0 Å². The molecule has 5 nitrogen and oxygen atoms in total. The Morgan fingerprint density at radius 1 is 1.16 bits per heavy atom. The molecule has 2 aliphatic rings. The Bertz CT molecular complexity index is 832. The van der Waals surface area contributed by atoms with Crippen LogP contribution in [0.5, 0.6) is 0 Å². The van der Waals surface area contributed by atoms with Gasteiger partial charge in [-0.05, 0) is 47.1 Å². The highest BCUT2D eigenvalue weighted by Gasteiger charge is 2.40. The number of fused-ring (bicyclic) bond motifs is 1. The molecular formula is C19H20BrN3O2. The number of rotatable bonds is 2. The molecule has 2 aromatic rings. The van der Waals surface area contributed by atoms with Crippen molar-refractivity contribution in [3.63, 3.8) is 0 Å². The molecule has 0 aliphatic carbocycles. The summed E-state index contributed by atoms with van der Waals surface area (Å²) in [6.07, 6.45) is 2.34. The topological polar surface area (TPSA) is 45.6 Å². The van der Waals surface area contributed by atoms with Crippen LogP contribution >= 0.6 is 15.9 Å². The Morgan fingerprint density at radius 3 is 2.76 bits per heavy atom. The first-order valence-corrected chi connectivity index (χ1v) is 9.36. The fourth-order valence-electron chi connectivity index (χ4n) is 3.89. The molecule has 3 heterocycles. The Labute approximate surface area is 155 Å². The van der Waals surface area contributed by atoms with Gasteiger partial charge in [0.2, 0.25) is 11.8 Å². The maximum atomic E-state index is 13.1. The van der Waals surface area contributed by atoms with Crippen molar-refractivity contribution in [2.24, 2.45) is 5.92 Å². The molecule has 0 bridgehead atoms. The predicted molar refractivity (Wildman–Crippen MR) is 99.2 cm³/mol. The third-order valence-electron chi connectivity index (χ3n) is 5.24. The quantitative estimate of drug-likeness (QED) is 0.775. The molecule has 6 heteroatoms. The van der Waals surface area contributed by atoms with Gasteiger partial charge >= 0.3 is 0 Å². The molecule has 2 aliphatic heterocycles. The summed E-state index contributed by atoms with van der Waals surface area (Å²) in [5.41, 5.74) is 2.00. The zero-order chi connectivity index (χ0) is 17.6. The van der Waals surface area contributed by atoms with Crippen molar-refractivity contribution >= 4 is 33.4 Å². The van der Waals surface area contributed by atoms with Crippen molar-refractivity contribution in [1.29, 1.82) is 0 Å². The fraction of sp³-hybridized carbons (Fsp3) is 0.368. The van der Waals surface area contributed by atoms with Crippen LogP contribution in [0.1, 0.15) is 25.1 Å². The maximum absolute atomic E-state index is 13.1. The van der Waals surface area contributed by atoms with Crippen molar-refractivity contribution in [1.82, 2.24) is 9.47 Å². The standard InChI is InChI=1S/C19H20BrN3O2/c1-13-16-7-4-8-21(16)9-10-22(13)19(25)14-11-18(24)23(12-14)17-6-3-2-5-15(17)20/h2-8,13-14H,9-12H2,1H3/t13-,14-/m1/s1. The Morgan fingerprint density at radius 2 is 1.96 bits per heavy atom. The molecule has 0 unspecified atom stereocenters. The molecule has 0 spiro atoms. The van der Waals surface area contributed by atoms with E-state index in [1.165, 1.54) is 0 Å². The third-order valence-corrected chi connectivity index (χ3v) is 5.91. The summed E-state index contributed by atoms with van der Waals surface area (Å²) < 4.78 is 3.07. The first kappa shape index (κ1) is 16.4. The van der Waals surface area contributed by atoms with Crippen molar-refractivity contribution in [2.75, 3.05) is 18.0 Å². The van der Waals surface area contributed by atoms with Crippen LogP contribution in [-0.2, 0) is 16.1 Å². The molecule has 0 saturated carbocycles. The molecule has 0 radical (unpaired) electrons. The number of benzene rings is 1. The summed E-state index contributed by atoms with van der Waals surface area (Å²) >= 11 is 3.50. The van der Waals surface area contributed by atoms with Gasteiger partial charge in [0.25, 0.3) is 0 Å². The lowest BCUT2D eigenvalue weighted by Crippen LogP contribution is -2.44. The summed E-state index contributed by atoms with van der Waals surface area (Å²) in [4.78, 5) is 29.2. The molecule has 2 amide bonds. The summed E-state index contributed by atoms with van der Waals surface area (Å²) in [5, 5.41) is 0. The van der Waals surface area contributed by atoms with E-state index >= 15 is 0 Å². The number of halogens is 1. The normalized spacial score (nSPS) is 23.0. The van der Waals surface area contributed by atoms with E-state index in [1.807, 2.05) is 35.2 Å². The van der Waals surface area contributed by atoms with Crippen LogP contribution < -0.4 is 4.90 Å². The van der Waals surface area contributed by atoms with E-state index in [0.29, 0.717) is 13.1 Å². The summed E-state index contributed by atoms with van der Waals surface area (Å²) in [6.45, 7) is 4.02. The van der Waals surface area contributed by atoms with Crippen LogP contribution in [-0.4, -0.2) is 34.4 Å². The average molecular weight is 402 g/mol. The molecule has 25 heavy (non-hydrogen) atoms. The van der Waals surface area contributed by atoms with Gasteiger partial charge < -0.3 is 14.4 Å². The number of nitrogens with zero attached hydrogens (tertiary/aromatic N) is 3. The second-order valence-corrected chi connectivity index (χ2v) is 7.55. The van der Waals surface area contributed by atoms with Crippen LogP contribution in [0.2, 0.25) is 0 Å². The largest absolute Gasteiger partial charge is 0.348 e. The van der Waals surface area contributed by atoms with E-state index < -0.39 is 0 Å². The van der Waals surface area contributed by atoms with Crippen LogP contribution in [0, 0.1) is 5.92 Å². The smallest absolute Gasteiger partial charge is 0.228 e. The Balaban J connectivity index is 1.53. The molecule has 130 valence electrons. The second-order valence-electron chi connectivity index (χ2n) is 6.69. The predicted octanol–water partition coefficient (Wildman–Crippen LogP) is 3.21. The van der Waals surface area contributed by atoms with E-state index in [0.717, 1.165) is 22.4 Å². The number of hydrogen-bond donors (Lipinski definition) is 0. The number of hydrogen-bond acceptors (Lipinski definition) is 2. The van der Waals surface area contributed by atoms with Crippen molar-refractivity contribution in [2.45, 2.75) is 25.9 Å². The molecule has 1 aromatic heterocycles. The Hall–Kier alpha value is -2.08. The van der Waals surface area contributed by atoms with Gasteiger partial charge in [-0.2, -0.15) is 0 Å². The molecule has 1 fully saturated rings. The third kappa shape index (κ3) is 2.78. The van der Waals surface area contributed by atoms with Crippen LogP contribution in [0.25, 0.3) is 0 Å². The van der Waals surface area contributed by atoms with Gasteiger partial charge in [-0.1, -0.05) is 12.1 Å². The number of carbonyl (C=O) groups is 2. The zero-order valence-electron chi connectivity index (χ0n) is 14.1. The van der Waals surface area contributed by atoms with E-state index in [9.17, 15) is 9.59 Å². The minimum atomic E-state index is -0.274. The molecule has 1 aromatic carbocycles. The number of carbonyl (C=O) groups excluding carboxylic acids is 2. The summed E-state index contributed by atoms with van der Waals surface area (Å²) in [6, 6.07) is 11.8. The number of para-hydroxylation sites is 1. The lowest BCUT2D eigenvalue weighted by atomic mass is 10.0. The molecule has 1 saturated heterocycles. The highest BCUT2D eigenvalue weighted by Crippen LogP contribution is 2.34. The first-order valence-electron chi connectivity index (χ1n) is 8.56. The maximum Gasteiger partial charge on any atom is 0.228 e. The molecular weight excluding hydrogens is 382 g/mol. The Kier molecular flexibility index (Phi) is 4.15. The van der Waals surface area contributed by atoms with Gasteiger partial charge in [0.15, 0.2) is 0 Å². The SMILES string of the molecule is C[C@@H]1c2cccn2CCN1C(=O)[C@@H]1CC(=O)N(c2ccccc2Br)C1. The van der Waals surface area contributed by atoms with Crippen LogP contribution in [0.4, 0.5) is 5.69 Å². The molecule has 2 atom stereocenters. The van der Waals surface area contributed by atoms with Gasteiger partial charge in [0.05, 0.1) is 17.6 Å². The van der Waals surface area contributed by atoms with E-state index in [2.05, 4.69) is 39.7 Å². The van der Waals surface area contributed by atoms with Gasteiger partial charge in [0, 0.05) is 42.4 Å². The first-order chi connectivity index (χ1) is 12.1. The average Bonchev–Trinajstić information content (AvgIpc) is 3.22. The summed E-state index contributed by atoms with van der Waals surface area (Å²) in [5.74, 6) is -0.176. The number of anilines is 1.